The van der Waals surface area contributed by atoms with Gasteiger partial charge < -0.3 is 19.4 Å². The third-order valence-corrected chi connectivity index (χ3v) is 9.49. The number of aryl methyl sites for hydroxylation is 4. The largest absolute Gasteiger partial charge is 0.469 e. The lowest BCUT2D eigenvalue weighted by Gasteiger charge is -2.04. The van der Waals surface area contributed by atoms with Crippen LogP contribution >= 0.6 is 0 Å². The van der Waals surface area contributed by atoms with Gasteiger partial charge in [-0.1, -0.05) is 27.7 Å². The molecular formula is C38H46N4O4. The molecule has 0 atom stereocenters. The minimum absolute atomic E-state index is 0.236. The summed E-state index contributed by atoms with van der Waals surface area (Å²) >= 11 is 0. The summed E-state index contributed by atoms with van der Waals surface area (Å²) in [6, 6.07) is 8.58. The van der Waals surface area contributed by atoms with Gasteiger partial charge in [0.05, 0.1) is 37.0 Å². The monoisotopic (exact) mass is 622 g/mol. The fraction of sp³-hybridized carbons (Fsp3) is 0.421. The second kappa shape index (κ2) is 13.9. The van der Waals surface area contributed by atoms with Crippen LogP contribution in [0.1, 0.15) is 112 Å². The molecule has 242 valence electrons. The number of aromatic amines is 2. The van der Waals surface area contributed by atoms with Gasteiger partial charge in [-0.3, -0.25) is 9.59 Å². The predicted molar refractivity (Wildman–Crippen MR) is 186 cm³/mol. The molecule has 3 aromatic rings. The highest BCUT2D eigenvalue weighted by Crippen LogP contribution is 2.37. The van der Waals surface area contributed by atoms with E-state index in [1.54, 1.807) is 0 Å². The molecule has 8 heteroatoms. The number of nitrogens with one attached hydrogen (secondary N) is 2. The van der Waals surface area contributed by atoms with Crippen molar-refractivity contribution in [1.29, 1.82) is 0 Å². The van der Waals surface area contributed by atoms with Gasteiger partial charge in [-0.15, -0.1) is 0 Å². The lowest BCUT2D eigenvalue weighted by molar-refractivity contribution is -0.141. The van der Waals surface area contributed by atoms with Crippen LogP contribution in [0.15, 0.2) is 24.3 Å². The summed E-state index contributed by atoms with van der Waals surface area (Å²) in [5, 5.41) is 0. The predicted octanol–water partition coefficient (Wildman–Crippen LogP) is 8.33. The van der Waals surface area contributed by atoms with Crippen LogP contribution in [0.2, 0.25) is 0 Å². The topological polar surface area (TPSA) is 110 Å². The summed E-state index contributed by atoms with van der Waals surface area (Å²) in [7, 11) is 2.86. The summed E-state index contributed by atoms with van der Waals surface area (Å²) in [6.07, 6.45) is 5.09. The van der Waals surface area contributed by atoms with Crippen LogP contribution in [0.25, 0.3) is 44.4 Å². The zero-order valence-electron chi connectivity index (χ0n) is 28.5. The quantitative estimate of drug-likeness (QED) is 0.220. The van der Waals surface area contributed by atoms with E-state index < -0.39 is 0 Å². The number of fused-ring (bicyclic) bond motifs is 8. The highest BCUT2D eigenvalue weighted by Gasteiger charge is 2.22. The highest BCUT2D eigenvalue weighted by molar-refractivity contribution is 5.96. The molecule has 0 spiro atoms. The van der Waals surface area contributed by atoms with Crippen molar-refractivity contribution in [3.05, 3.63) is 69.3 Å². The maximum atomic E-state index is 12.2. The van der Waals surface area contributed by atoms with Crippen molar-refractivity contribution < 1.29 is 19.1 Å². The number of carbonyl (C=O) groups is 2. The molecule has 46 heavy (non-hydrogen) atoms. The van der Waals surface area contributed by atoms with Gasteiger partial charge in [0.1, 0.15) is 0 Å². The van der Waals surface area contributed by atoms with E-state index in [4.69, 9.17) is 19.4 Å². The van der Waals surface area contributed by atoms with Gasteiger partial charge in [-0.05, 0) is 121 Å². The molecule has 0 saturated carbocycles. The third-order valence-electron chi connectivity index (χ3n) is 9.49. The molecule has 0 aliphatic carbocycles. The average molecular weight is 623 g/mol. The van der Waals surface area contributed by atoms with Crippen molar-refractivity contribution in [3.63, 3.8) is 0 Å². The zero-order chi connectivity index (χ0) is 33.1. The van der Waals surface area contributed by atoms with Gasteiger partial charge in [-0.2, -0.15) is 0 Å². The van der Waals surface area contributed by atoms with Crippen molar-refractivity contribution in [2.75, 3.05) is 14.2 Å². The molecule has 0 aromatic carbocycles. The van der Waals surface area contributed by atoms with Crippen LogP contribution in [0.4, 0.5) is 0 Å². The van der Waals surface area contributed by atoms with Crippen LogP contribution in [0.5, 0.6) is 0 Å². The van der Waals surface area contributed by atoms with Crippen LogP contribution in [0, 0.1) is 0 Å². The van der Waals surface area contributed by atoms with Crippen molar-refractivity contribution in [3.8, 4) is 0 Å². The normalized spacial score (nSPS) is 13.0. The van der Waals surface area contributed by atoms with Crippen LogP contribution < -0.4 is 0 Å². The molecule has 5 rings (SSSR count). The number of allylic oxidation sites excluding steroid dienone is 4. The van der Waals surface area contributed by atoms with Gasteiger partial charge in [0.15, 0.2) is 0 Å². The van der Waals surface area contributed by atoms with Gasteiger partial charge in [0.25, 0.3) is 0 Å². The second-order valence-corrected chi connectivity index (χ2v) is 11.9. The number of carbonyl (C=O) groups excluding carboxylic acids is 2. The first-order chi connectivity index (χ1) is 22.2. The number of H-pyrrole nitrogens is 2. The Hall–Kier alpha value is -4.46. The molecule has 3 aromatic heterocycles. The summed E-state index contributed by atoms with van der Waals surface area (Å²) in [4.78, 5) is 42.2. The molecule has 0 radical (unpaired) electrons. The molecule has 2 N–H and O–H groups in total. The van der Waals surface area contributed by atoms with Crippen molar-refractivity contribution in [2.45, 2.75) is 92.9 Å². The number of hydrogen-bond acceptors (Lipinski definition) is 6. The summed E-state index contributed by atoms with van der Waals surface area (Å²) in [5.74, 6) is -0.473. The zero-order valence-corrected chi connectivity index (χ0v) is 28.5. The first kappa shape index (κ1) is 32.9. The van der Waals surface area contributed by atoms with Crippen molar-refractivity contribution in [1.82, 2.24) is 19.9 Å². The van der Waals surface area contributed by atoms with E-state index in [1.165, 1.54) is 36.5 Å². The SMILES string of the molecule is CCc1c(CC)c2cc3nc(cc4[nH]c(cc5nc(cc1[nH]2)C(C)=C5CCC(=O)OC)c(CC)c4CC)C(CCC(=O)OC)=C3C. The number of aromatic nitrogens is 4. The van der Waals surface area contributed by atoms with Crippen LogP contribution in [-0.4, -0.2) is 46.1 Å². The molecule has 0 saturated heterocycles. The minimum atomic E-state index is -0.236. The Labute approximate surface area is 271 Å². The molecular weight excluding hydrogens is 576 g/mol. The molecule has 0 amide bonds. The van der Waals surface area contributed by atoms with E-state index in [-0.39, 0.29) is 24.8 Å². The third kappa shape index (κ3) is 6.17. The van der Waals surface area contributed by atoms with Crippen molar-refractivity contribution >= 4 is 56.3 Å². The first-order valence-electron chi connectivity index (χ1n) is 16.5. The number of methoxy groups -OCH3 is 2. The Kier molecular flexibility index (Phi) is 9.94. The van der Waals surface area contributed by atoms with Crippen molar-refractivity contribution in [2.24, 2.45) is 0 Å². The van der Waals surface area contributed by atoms with Gasteiger partial charge >= 0.3 is 11.9 Å². The fourth-order valence-corrected chi connectivity index (χ4v) is 6.96. The Morgan fingerprint density at radius 3 is 1.15 bits per heavy atom. The first-order valence-corrected chi connectivity index (χ1v) is 16.5. The van der Waals surface area contributed by atoms with E-state index in [0.717, 1.165) is 92.8 Å². The Balaban J connectivity index is 1.91. The summed E-state index contributed by atoms with van der Waals surface area (Å²) < 4.78 is 9.97. The van der Waals surface area contributed by atoms with Crippen LogP contribution in [-0.2, 0) is 44.7 Å². The van der Waals surface area contributed by atoms with E-state index in [9.17, 15) is 9.59 Å². The second-order valence-electron chi connectivity index (χ2n) is 11.9. The minimum Gasteiger partial charge on any atom is -0.469 e. The van der Waals surface area contributed by atoms with E-state index in [2.05, 4.69) is 75.8 Å². The van der Waals surface area contributed by atoms with E-state index in [1.807, 2.05) is 0 Å². The average Bonchev–Trinajstić information content (AvgIpc) is 3.75. The molecule has 0 fully saturated rings. The standard InChI is InChI=1S/C38H46N4O4/c1-9-23-24(10-2)32-18-30-22(6)28(14-16-38(44)46-8)36(40-30)20-34-26(12-4)25(11-3)33(42-34)19-35-27(13-15-37(43)45-7)21(5)29(39-35)17-31(23)41-32/h17-20,41-42H,9-16H2,1-8H3. The summed E-state index contributed by atoms with van der Waals surface area (Å²) in [6.45, 7) is 12.9. The maximum Gasteiger partial charge on any atom is 0.305 e. The number of esters is 2. The Morgan fingerprint density at radius 1 is 0.565 bits per heavy atom. The van der Waals surface area contributed by atoms with Gasteiger partial charge in [0, 0.05) is 34.9 Å². The molecule has 2 aliphatic rings. The molecule has 0 unspecified atom stereocenters. The van der Waals surface area contributed by atoms with E-state index in [0.29, 0.717) is 12.8 Å². The maximum absolute atomic E-state index is 12.2. The highest BCUT2D eigenvalue weighted by atomic mass is 16.5. The number of rotatable bonds is 10. The molecule has 8 nitrogen and oxygen atoms in total. The van der Waals surface area contributed by atoms with Gasteiger partial charge in [0.2, 0.25) is 0 Å². The smallest absolute Gasteiger partial charge is 0.305 e. The summed E-state index contributed by atoms with van der Waals surface area (Å²) in [5.41, 5.74) is 16.9. The lowest BCUT2D eigenvalue weighted by Crippen LogP contribution is -2.00. The Bertz CT molecular complexity index is 1790. The van der Waals surface area contributed by atoms with Gasteiger partial charge in [-0.25, -0.2) is 9.97 Å². The number of nitrogens with zero attached hydrogens (tertiary/aromatic N) is 2. The van der Waals surface area contributed by atoms with Crippen LogP contribution in [0.3, 0.4) is 0 Å². The number of hydrogen-bond donors (Lipinski definition) is 2. The fourth-order valence-electron chi connectivity index (χ4n) is 6.96. The Morgan fingerprint density at radius 2 is 0.870 bits per heavy atom. The molecule has 5 heterocycles. The number of ether oxygens (including phenoxy) is 2. The lowest BCUT2D eigenvalue weighted by atomic mass is 9.99. The molecule has 8 bridgehead atoms. The van der Waals surface area contributed by atoms with E-state index >= 15 is 0 Å². The molecule has 2 aliphatic heterocycles.